The number of urea groups is 1. The number of methoxy groups -OCH3 is 1. The summed E-state index contributed by atoms with van der Waals surface area (Å²) in [5.41, 5.74) is 1.22. The van der Waals surface area contributed by atoms with Gasteiger partial charge in [0.05, 0.1) is 12.1 Å². The van der Waals surface area contributed by atoms with Gasteiger partial charge in [0.1, 0.15) is 5.75 Å². The normalized spacial score (nSPS) is 19.6. The van der Waals surface area contributed by atoms with Crippen LogP contribution in [-0.2, 0) is 6.54 Å². The minimum atomic E-state index is 0.0744. The molecule has 2 amide bonds. The Morgan fingerprint density at radius 1 is 1.12 bits per heavy atom. The Morgan fingerprint density at radius 2 is 1.88 bits per heavy atom. The van der Waals surface area contributed by atoms with Crippen molar-refractivity contribution in [3.8, 4) is 5.75 Å². The summed E-state index contributed by atoms with van der Waals surface area (Å²) >= 11 is 6.08. The van der Waals surface area contributed by atoms with Crippen LogP contribution in [-0.4, -0.2) is 80.2 Å². The van der Waals surface area contributed by atoms with Crippen LogP contribution >= 0.6 is 11.6 Å². The first-order chi connectivity index (χ1) is 11.7. The van der Waals surface area contributed by atoms with E-state index in [0.29, 0.717) is 5.02 Å². The second kappa shape index (κ2) is 8.05. The van der Waals surface area contributed by atoms with Crippen molar-refractivity contribution < 1.29 is 9.53 Å². The van der Waals surface area contributed by atoms with Gasteiger partial charge in [-0.2, -0.15) is 0 Å². The standard InChI is InChI=1S/C17H25ClN4O2/c1-24-16-12-14(2-3-15(16)18)13-21-8-6-20(7-9-21)10-11-22-5-4-19-17(22)23/h2-3,12H,4-11,13H2,1H3,(H,19,23). The number of hydrogen-bond acceptors (Lipinski definition) is 4. The average Bonchev–Trinajstić information content (AvgIpc) is 3.01. The molecule has 24 heavy (non-hydrogen) atoms. The van der Waals surface area contributed by atoms with E-state index in [1.165, 1.54) is 5.56 Å². The molecule has 2 fully saturated rings. The molecule has 0 bridgehead atoms. The quantitative estimate of drug-likeness (QED) is 0.842. The van der Waals surface area contributed by atoms with Gasteiger partial charge in [0.2, 0.25) is 0 Å². The van der Waals surface area contributed by atoms with Crippen LogP contribution in [0.3, 0.4) is 0 Å². The molecule has 2 aliphatic heterocycles. The molecular formula is C17H25ClN4O2. The van der Waals surface area contributed by atoms with Gasteiger partial charge < -0.3 is 15.0 Å². The lowest BCUT2D eigenvalue weighted by Gasteiger charge is -2.35. The highest BCUT2D eigenvalue weighted by atomic mass is 35.5. The van der Waals surface area contributed by atoms with Gasteiger partial charge in [-0.1, -0.05) is 17.7 Å². The fourth-order valence-corrected chi connectivity index (χ4v) is 3.41. The highest BCUT2D eigenvalue weighted by molar-refractivity contribution is 6.32. The van der Waals surface area contributed by atoms with Crippen LogP contribution in [0.1, 0.15) is 5.56 Å². The van der Waals surface area contributed by atoms with Crippen molar-refractivity contribution in [3.63, 3.8) is 0 Å². The van der Waals surface area contributed by atoms with Crippen molar-refractivity contribution in [2.75, 3.05) is 59.5 Å². The molecule has 2 aliphatic rings. The minimum Gasteiger partial charge on any atom is -0.495 e. The minimum absolute atomic E-state index is 0.0744. The fraction of sp³-hybridized carbons (Fsp3) is 0.588. The third kappa shape index (κ3) is 4.32. The van der Waals surface area contributed by atoms with E-state index >= 15 is 0 Å². The summed E-state index contributed by atoms with van der Waals surface area (Å²) < 4.78 is 5.29. The maximum Gasteiger partial charge on any atom is 0.317 e. The molecule has 2 heterocycles. The van der Waals surface area contributed by atoms with E-state index in [4.69, 9.17) is 16.3 Å². The number of amides is 2. The first-order valence-corrected chi connectivity index (χ1v) is 8.83. The Kier molecular flexibility index (Phi) is 5.81. The molecule has 0 saturated carbocycles. The number of carbonyl (C=O) groups is 1. The molecule has 1 N–H and O–H groups in total. The van der Waals surface area contributed by atoms with E-state index in [0.717, 1.165) is 64.7 Å². The van der Waals surface area contributed by atoms with Gasteiger partial charge in [-0.3, -0.25) is 9.80 Å². The predicted molar refractivity (Wildman–Crippen MR) is 94.7 cm³/mol. The van der Waals surface area contributed by atoms with Gasteiger partial charge in [-0.05, 0) is 17.7 Å². The maximum atomic E-state index is 11.5. The zero-order valence-corrected chi connectivity index (χ0v) is 14.9. The molecule has 0 unspecified atom stereocenters. The van der Waals surface area contributed by atoms with Gasteiger partial charge >= 0.3 is 6.03 Å². The van der Waals surface area contributed by atoms with E-state index in [1.807, 2.05) is 17.0 Å². The lowest BCUT2D eigenvalue weighted by molar-refractivity contribution is 0.119. The number of piperazine rings is 1. The van der Waals surface area contributed by atoms with Crippen molar-refractivity contribution in [1.29, 1.82) is 0 Å². The number of rotatable bonds is 6. The number of halogens is 1. The van der Waals surface area contributed by atoms with Crippen molar-refractivity contribution in [3.05, 3.63) is 28.8 Å². The topological polar surface area (TPSA) is 48.1 Å². The zero-order chi connectivity index (χ0) is 16.9. The average molecular weight is 353 g/mol. The van der Waals surface area contributed by atoms with Crippen molar-refractivity contribution in [1.82, 2.24) is 20.0 Å². The Bertz CT molecular complexity index is 576. The number of ether oxygens (including phenoxy) is 1. The van der Waals surface area contributed by atoms with Gasteiger partial charge in [0.15, 0.2) is 0 Å². The largest absolute Gasteiger partial charge is 0.495 e. The molecule has 0 spiro atoms. The Labute approximate surface area is 148 Å². The SMILES string of the molecule is COc1cc(CN2CCN(CCN3CCNC3=O)CC2)ccc1Cl. The van der Waals surface area contributed by atoms with Gasteiger partial charge in [0.25, 0.3) is 0 Å². The summed E-state index contributed by atoms with van der Waals surface area (Å²) in [5, 5.41) is 3.50. The molecule has 0 atom stereocenters. The van der Waals surface area contributed by atoms with Crippen molar-refractivity contribution in [2.24, 2.45) is 0 Å². The third-order valence-electron chi connectivity index (χ3n) is 4.72. The molecule has 6 nitrogen and oxygen atoms in total. The Morgan fingerprint density at radius 3 is 2.54 bits per heavy atom. The van der Waals surface area contributed by atoms with E-state index < -0.39 is 0 Å². The fourth-order valence-electron chi connectivity index (χ4n) is 3.22. The highest BCUT2D eigenvalue weighted by Crippen LogP contribution is 2.25. The van der Waals surface area contributed by atoms with Gasteiger partial charge in [-0.25, -0.2) is 4.79 Å². The summed E-state index contributed by atoms with van der Waals surface area (Å²) in [6.45, 7) is 8.45. The lowest BCUT2D eigenvalue weighted by Crippen LogP contribution is -2.48. The van der Waals surface area contributed by atoms with Crippen molar-refractivity contribution in [2.45, 2.75) is 6.54 Å². The summed E-state index contributed by atoms with van der Waals surface area (Å²) in [6.07, 6.45) is 0. The summed E-state index contributed by atoms with van der Waals surface area (Å²) in [6, 6.07) is 6.04. The first kappa shape index (κ1) is 17.3. The van der Waals surface area contributed by atoms with E-state index in [9.17, 15) is 4.79 Å². The van der Waals surface area contributed by atoms with E-state index in [1.54, 1.807) is 7.11 Å². The zero-order valence-electron chi connectivity index (χ0n) is 14.1. The third-order valence-corrected chi connectivity index (χ3v) is 5.03. The monoisotopic (exact) mass is 352 g/mol. The summed E-state index contributed by atoms with van der Waals surface area (Å²) in [5.74, 6) is 0.733. The van der Waals surface area contributed by atoms with Gasteiger partial charge in [0, 0.05) is 58.9 Å². The summed E-state index contributed by atoms with van der Waals surface area (Å²) in [4.78, 5) is 18.3. The van der Waals surface area contributed by atoms with E-state index in [-0.39, 0.29) is 6.03 Å². The lowest BCUT2D eigenvalue weighted by atomic mass is 10.2. The highest BCUT2D eigenvalue weighted by Gasteiger charge is 2.22. The van der Waals surface area contributed by atoms with Crippen LogP contribution in [0.4, 0.5) is 4.79 Å². The van der Waals surface area contributed by atoms with Crippen molar-refractivity contribution >= 4 is 17.6 Å². The second-order valence-electron chi connectivity index (χ2n) is 6.31. The van der Waals surface area contributed by atoms with Crippen LogP contribution in [0, 0.1) is 0 Å². The first-order valence-electron chi connectivity index (χ1n) is 8.45. The molecule has 0 aromatic heterocycles. The molecule has 2 saturated heterocycles. The van der Waals surface area contributed by atoms with Crippen LogP contribution in [0.15, 0.2) is 18.2 Å². The number of nitrogens with zero attached hydrogens (tertiary/aromatic N) is 3. The molecule has 132 valence electrons. The van der Waals surface area contributed by atoms with Crippen LogP contribution in [0.25, 0.3) is 0 Å². The number of carbonyl (C=O) groups excluding carboxylic acids is 1. The Balaban J connectivity index is 1.42. The molecular weight excluding hydrogens is 328 g/mol. The predicted octanol–water partition coefficient (Wildman–Crippen LogP) is 1.49. The Hall–Kier alpha value is -1.50. The molecule has 3 rings (SSSR count). The molecule has 1 aromatic carbocycles. The van der Waals surface area contributed by atoms with Crippen LogP contribution in [0.5, 0.6) is 5.75 Å². The van der Waals surface area contributed by atoms with Gasteiger partial charge in [-0.15, -0.1) is 0 Å². The van der Waals surface area contributed by atoms with Crippen LogP contribution in [0.2, 0.25) is 5.02 Å². The molecule has 0 aliphatic carbocycles. The number of benzene rings is 1. The van der Waals surface area contributed by atoms with E-state index in [2.05, 4.69) is 21.2 Å². The molecule has 1 aromatic rings. The second-order valence-corrected chi connectivity index (χ2v) is 6.71. The summed E-state index contributed by atoms with van der Waals surface area (Å²) in [7, 11) is 1.64. The molecule has 0 radical (unpaired) electrons. The number of nitrogens with one attached hydrogen (secondary N) is 1. The molecule has 7 heteroatoms. The number of hydrogen-bond donors (Lipinski definition) is 1. The van der Waals surface area contributed by atoms with Crippen LogP contribution < -0.4 is 10.1 Å². The smallest absolute Gasteiger partial charge is 0.317 e. The maximum absolute atomic E-state index is 11.5.